The second-order valence-corrected chi connectivity index (χ2v) is 4.46. The van der Waals surface area contributed by atoms with Crippen LogP contribution in [0.15, 0.2) is 48.8 Å². The van der Waals surface area contributed by atoms with Crippen LogP contribution in [0.25, 0.3) is 0 Å². The quantitative estimate of drug-likeness (QED) is 0.775. The third kappa shape index (κ3) is 4.38. The van der Waals surface area contributed by atoms with Crippen molar-refractivity contribution in [3.63, 3.8) is 0 Å². The summed E-state index contributed by atoms with van der Waals surface area (Å²) in [5.41, 5.74) is 7.97. The monoisotopic (exact) mass is 256 g/mol. The van der Waals surface area contributed by atoms with Crippen molar-refractivity contribution in [2.45, 2.75) is 19.3 Å². The average molecular weight is 256 g/mol. The van der Waals surface area contributed by atoms with E-state index in [4.69, 9.17) is 10.5 Å². The first-order valence-corrected chi connectivity index (χ1v) is 6.70. The highest BCUT2D eigenvalue weighted by Gasteiger charge is 2.03. The molecule has 0 aliphatic heterocycles. The third-order valence-electron chi connectivity index (χ3n) is 2.98. The van der Waals surface area contributed by atoms with Gasteiger partial charge < -0.3 is 10.5 Å². The highest BCUT2D eigenvalue weighted by Crippen LogP contribution is 2.20. The lowest BCUT2D eigenvalue weighted by Gasteiger charge is -2.11. The van der Waals surface area contributed by atoms with Gasteiger partial charge in [0.25, 0.3) is 0 Å². The van der Waals surface area contributed by atoms with Crippen molar-refractivity contribution >= 4 is 0 Å². The smallest absolute Gasteiger partial charge is 0.122 e. The van der Waals surface area contributed by atoms with Crippen LogP contribution in [0.3, 0.4) is 0 Å². The van der Waals surface area contributed by atoms with Crippen molar-refractivity contribution in [3.8, 4) is 5.75 Å². The molecule has 2 rings (SSSR count). The van der Waals surface area contributed by atoms with Crippen molar-refractivity contribution in [1.29, 1.82) is 0 Å². The van der Waals surface area contributed by atoms with Crippen LogP contribution >= 0.6 is 0 Å². The molecule has 1 aromatic carbocycles. The Labute approximate surface area is 114 Å². The number of hydrogen-bond acceptors (Lipinski definition) is 3. The summed E-state index contributed by atoms with van der Waals surface area (Å²) in [5.74, 6) is 0.972. The van der Waals surface area contributed by atoms with Crippen LogP contribution in [0.5, 0.6) is 5.75 Å². The van der Waals surface area contributed by atoms with E-state index in [1.54, 1.807) is 6.20 Å². The Bertz CT molecular complexity index is 485. The van der Waals surface area contributed by atoms with E-state index < -0.39 is 0 Å². The standard InChI is InChI=1S/C16H20N2O/c17-10-4-12-19-16-7-2-1-6-15(16)9-8-14-5-3-11-18-13-14/h1-3,5-7,11,13H,4,8-10,12,17H2. The zero-order valence-corrected chi connectivity index (χ0v) is 11.1. The second kappa shape index (κ2) is 7.54. The molecule has 1 heterocycles. The molecule has 0 saturated carbocycles. The fraction of sp³-hybridized carbons (Fsp3) is 0.312. The molecule has 0 saturated heterocycles. The number of aryl methyl sites for hydroxylation is 2. The lowest BCUT2D eigenvalue weighted by molar-refractivity contribution is 0.310. The molecule has 19 heavy (non-hydrogen) atoms. The number of para-hydroxylation sites is 1. The molecular formula is C16H20N2O. The molecule has 0 radical (unpaired) electrons. The van der Waals surface area contributed by atoms with Gasteiger partial charge in [-0.25, -0.2) is 0 Å². The first-order chi connectivity index (χ1) is 9.40. The van der Waals surface area contributed by atoms with E-state index in [1.807, 2.05) is 30.5 Å². The van der Waals surface area contributed by atoms with Crippen LogP contribution in [0, 0.1) is 0 Å². The Balaban J connectivity index is 1.95. The van der Waals surface area contributed by atoms with Gasteiger partial charge in [0.1, 0.15) is 5.75 Å². The van der Waals surface area contributed by atoms with E-state index in [2.05, 4.69) is 17.1 Å². The van der Waals surface area contributed by atoms with E-state index in [0.717, 1.165) is 25.0 Å². The minimum Gasteiger partial charge on any atom is -0.493 e. The van der Waals surface area contributed by atoms with E-state index in [0.29, 0.717) is 13.2 Å². The van der Waals surface area contributed by atoms with Crippen molar-refractivity contribution < 1.29 is 4.74 Å². The number of pyridine rings is 1. The minimum absolute atomic E-state index is 0.665. The summed E-state index contributed by atoms with van der Waals surface area (Å²) in [7, 11) is 0. The summed E-state index contributed by atoms with van der Waals surface area (Å²) in [6, 6.07) is 12.3. The SMILES string of the molecule is NCCCOc1ccccc1CCc1cccnc1. The molecule has 0 fully saturated rings. The summed E-state index contributed by atoms with van der Waals surface area (Å²) >= 11 is 0. The van der Waals surface area contributed by atoms with Crippen LogP contribution in [0.4, 0.5) is 0 Å². The molecule has 2 aromatic rings. The lowest BCUT2D eigenvalue weighted by atomic mass is 10.1. The predicted molar refractivity (Wildman–Crippen MR) is 77.3 cm³/mol. The van der Waals surface area contributed by atoms with Gasteiger partial charge in [-0.2, -0.15) is 0 Å². The van der Waals surface area contributed by atoms with Crippen LogP contribution in [-0.4, -0.2) is 18.1 Å². The Morgan fingerprint density at radius 1 is 1.05 bits per heavy atom. The van der Waals surface area contributed by atoms with Crippen LogP contribution in [-0.2, 0) is 12.8 Å². The molecule has 0 amide bonds. The Kier molecular flexibility index (Phi) is 5.38. The van der Waals surface area contributed by atoms with Gasteiger partial charge in [-0.05, 0) is 49.1 Å². The molecule has 2 N–H and O–H groups in total. The molecule has 100 valence electrons. The number of benzene rings is 1. The highest BCUT2D eigenvalue weighted by molar-refractivity contribution is 5.34. The fourth-order valence-corrected chi connectivity index (χ4v) is 1.94. The maximum atomic E-state index is 5.77. The van der Waals surface area contributed by atoms with Crippen molar-refractivity contribution in [1.82, 2.24) is 4.98 Å². The van der Waals surface area contributed by atoms with Gasteiger partial charge >= 0.3 is 0 Å². The topological polar surface area (TPSA) is 48.1 Å². The summed E-state index contributed by atoms with van der Waals surface area (Å²) in [6.45, 7) is 1.35. The zero-order valence-electron chi connectivity index (χ0n) is 11.1. The molecule has 3 heteroatoms. The van der Waals surface area contributed by atoms with Crippen LogP contribution in [0.2, 0.25) is 0 Å². The van der Waals surface area contributed by atoms with E-state index in [1.165, 1.54) is 11.1 Å². The van der Waals surface area contributed by atoms with Crippen molar-refractivity contribution in [3.05, 3.63) is 59.9 Å². The molecule has 1 aromatic heterocycles. The number of rotatable bonds is 7. The molecular weight excluding hydrogens is 236 g/mol. The molecule has 3 nitrogen and oxygen atoms in total. The normalized spacial score (nSPS) is 10.4. The maximum Gasteiger partial charge on any atom is 0.122 e. The van der Waals surface area contributed by atoms with Gasteiger partial charge in [0.05, 0.1) is 6.61 Å². The second-order valence-electron chi connectivity index (χ2n) is 4.46. The van der Waals surface area contributed by atoms with Gasteiger partial charge in [-0.15, -0.1) is 0 Å². The Hall–Kier alpha value is -1.87. The van der Waals surface area contributed by atoms with Gasteiger partial charge in [0.15, 0.2) is 0 Å². The maximum absolute atomic E-state index is 5.77. The first-order valence-electron chi connectivity index (χ1n) is 6.70. The highest BCUT2D eigenvalue weighted by atomic mass is 16.5. The minimum atomic E-state index is 0.665. The Morgan fingerprint density at radius 3 is 2.74 bits per heavy atom. The number of nitrogens with zero attached hydrogens (tertiary/aromatic N) is 1. The largest absolute Gasteiger partial charge is 0.493 e. The number of ether oxygens (including phenoxy) is 1. The number of aromatic nitrogens is 1. The first kappa shape index (κ1) is 13.6. The van der Waals surface area contributed by atoms with Gasteiger partial charge in [-0.1, -0.05) is 24.3 Å². The van der Waals surface area contributed by atoms with Gasteiger partial charge in [-0.3, -0.25) is 4.98 Å². The van der Waals surface area contributed by atoms with Gasteiger partial charge in [0.2, 0.25) is 0 Å². The lowest BCUT2D eigenvalue weighted by Crippen LogP contribution is -2.07. The molecule has 0 aliphatic carbocycles. The molecule has 0 unspecified atom stereocenters. The molecule has 0 aliphatic rings. The van der Waals surface area contributed by atoms with Crippen molar-refractivity contribution in [2.24, 2.45) is 5.73 Å². The van der Waals surface area contributed by atoms with E-state index in [-0.39, 0.29) is 0 Å². The summed E-state index contributed by atoms with van der Waals surface area (Å²) < 4.78 is 5.77. The molecule has 0 atom stereocenters. The fourth-order valence-electron chi connectivity index (χ4n) is 1.94. The Morgan fingerprint density at radius 2 is 1.95 bits per heavy atom. The molecule has 0 bridgehead atoms. The van der Waals surface area contributed by atoms with E-state index in [9.17, 15) is 0 Å². The number of nitrogens with two attached hydrogens (primary N) is 1. The zero-order chi connectivity index (χ0) is 13.3. The number of hydrogen-bond donors (Lipinski definition) is 1. The summed E-state index contributed by atoms with van der Waals surface area (Å²) in [5, 5.41) is 0. The average Bonchev–Trinajstić information content (AvgIpc) is 2.48. The molecule has 0 spiro atoms. The van der Waals surface area contributed by atoms with Crippen LogP contribution < -0.4 is 10.5 Å². The predicted octanol–water partition coefficient (Wildman–Crippen LogP) is 2.59. The van der Waals surface area contributed by atoms with Crippen LogP contribution in [0.1, 0.15) is 17.5 Å². The third-order valence-corrected chi connectivity index (χ3v) is 2.98. The van der Waals surface area contributed by atoms with E-state index >= 15 is 0 Å². The summed E-state index contributed by atoms with van der Waals surface area (Å²) in [6.07, 6.45) is 6.54. The van der Waals surface area contributed by atoms with Crippen molar-refractivity contribution in [2.75, 3.05) is 13.2 Å². The summed E-state index contributed by atoms with van der Waals surface area (Å²) in [4.78, 5) is 4.13. The van der Waals surface area contributed by atoms with Gasteiger partial charge in [0, 0.05) is 12.4 Å².